The van der Waals surface area contributed by atoms with E-state index in [0.29, 0.717) is 18.1 Å². The minimum atomic E-state index is -0.360. The predicted molar refractivity (Wildman–Crippen MR) is 166 cm³/mol. The Morgan fingerprint density at radius 3 is 1.95 bits per heavy atom. The Kier molecular flexibility index (Phi) is 11.4. The van der Waals surface area contributed by atoms with Gasteiger partial charge in [0, 0.05) is 11.5 Å². The fourth-order valence-electron chi connectivity index (χ4n) is 5.40. The standard InChI is InChI=1S/C18H18O2.C18H24O2/c1-3-5-13-7-9-18(20)16(11-13)14-8-10-17(19)15(12-14)6-4-2;1-3-5-13-7-9-17(19)15(11-13)16-12-14(6-4-2)8-10-18(16)20/h3-4,7-12,19-20H,1-2,5-6H2;3-4,7,9,11,14,16,18-20H,1-2,5-6,8,10,12H2. The number of benzene rings is 3. The van der Waals surface area contributed by atoms with E-state index in [9.17, 15) is 20.4 Å². The van der Waals surface area contributed by atoms with E-state index in [-0.39, 0.29) is 23.5 Å². The Labute approximate surface area is 239 Å². The maximum atomic E-state index is 10.3. The summed E-state index contributed by atoms with van der Waals surface area (Å²) in [6.07, 6.45) is 12.9. The van der Waals surface area contributed by atoms with Crippen molar-refractivity contribution in [2.24, 2.45) is 5.92 Å². The summed E-state index contributed by atoms with van der Waals surface area (Å²) in [7, 11) is 0. The minimum Gasteiger partial charge on any atom is -0.508 e. The highest BCUT2D eigenvalue weighted by molar-refractivity contribution is 5.72. The average molecular weight is 539 g/mol. The van der Waals surface area contributed by atoms with E-state index in [2.05, 4.69) is 26.3 Å². The molecule has 0 amide bonds. The molecule has 4 heteroatoms. The molecule has 3 aromatic rings. The van der Waals surface area contributed by atoms with Crippen molar-refractivity contribution in [2.75, 3.05) is 0 Å². The number of phenolic OH excluding ortho intramolecular Hbond substituents is 3. The lowest BCUT2D eigenvalue weighted by Gasteiger charge is -2.33. The first-order valence-electron chi connectivity index (χ1n) is 13.9. The van der Waals surface area contributed by atoms with Gasteiger partial charge in [0.15, 0.2) is 0 Å². The van der Waals surface area contributed by atoms with E-state index in [4.69, 9.17) is 0 Å². The molecule has 3 aromatic carbocycles. The number of aliphatic hydroxyl groups is 1. The lowest BCUT2D eigenvalue weighted by molar-refractivity contribution is 0.0837. The lowest BCUT2D eigenvalue weighted by Crippen LogP contribution is -2.27. The van der Waals surface area contributed by atoms with Gasteiger partial charge in [-0.15, -0.1) is 26.3 Å². The molecule has 1 aliphatic rings. The van der Waals surface area contributed by atoms with Gasteiger partial charge in [0.1, 0.15) is 17.2 Å². The molecule has 0 heterocycles. The van der Waals surface area contributed by atoms with Crippen LogP contribution in [-0.2, 0) is 19.3 Å². The van der Waals surface area contributed by atoms with Crippen LogP contribution in [0.2, 0.25) is 0 Å². The Bertz CT molecular complexity index is 1320. The molecule has 1 saturated carbocycles. The van der Waals surface area contributed by atoms with Gasteiger partial charge in [0.2, 0.25) is 0 Å². The molecule has 3 atom stereocenters. The smallest absolute Gasteiger partial charge is 0.123 e. The van der Waals surface area contributed by atoms with E-state index in [1.54, 1.807) is 30.3 Å². The van der Waals surface area contributed by atoms with Crippen LogP contribution in [0.3, 0.4) is 0 Å². The third-order valence-electron chi connectivity index (χ3n) is 7.49. The van der Waals surface area contributed by atoms with Crippen LogP contribution in [0.15, 0.2) is 105 Å². The largest absolute Gasteiger partial charge is 0.508 e. The highest BCUT2D eigenvalue weighted by atomic mass is 16.3. The van der Waals surface area contributed by atoms with Crippen molar-refractivity contribution in [3.8, 4) is 28.4 Å². The molecule has 0 aromatic heterocycles. The number of aromatic hydroxyl groups is 3. The second-order valence-electron chi connectivity index (χ2n) is 10.4. The monoisotopic (exact) mass is 538 g/mol. The zero-order valence-electron chi connectivity index (χ0n) is 23.3. The molecule has 0 bridgehead atoms. The Hall–Kier alpha value is -4.02. The third kappa shape index (κ3) is 8.00. The zero-order chi connectivity index (χ0) is 29.1. The zero-order valence-corrected chi connectivity index (χ0v) is 23.3. The molecule has 0 aliphatic heterocycles. The van der Waals surface area contributed by atoms with Gasteiger partial charge in [-0.2, -0.15) is 0 Å². The fraction of sp³-hybridized carbons (Fsp3) is 0.278. The first kappa shape index (κ1) is 30.5. The Morgan fingerprint density at radius 1 is 0.675 bits per heavy atom. The van der Waals surface area contributed by atoms with Crippen molar-refractivity contribution in [2.45, 2.75) is 57.0 Å². The minimum absolute atomic E-state index is 0.0264. The summed E-state index contributed by atoms with van der Waals surface area (Å²) in [6.45, 7) is 15.0. The summed E-state index contributed by atoms with van der Waals surface area (Å²) in [5, 5.41) is 40.3. The summed E-state index contributed by atoms with van der Waals surface area (Å²) in [4.78, 5) is 0. The molecule has 3 unspecified atom stereocenters. The van der Waals surface area contributed by atoms with E-state index in [1.165, 1.54) is 0 Å². The van der Waals surface area contributed by atoms with Crippen LogP contribution in [0.5, 0.6) is 17.2 Å². The Balaban J connectivity index is 0.000000220. The van der Waals surface area contributed by atoms with Gasteiger partial charge in [0.25, 0.3) is 0 Å². The van der Waals surface area contributed by atoms with Gasteiger partial charge >= 0.3 is 0 Å². The molecule has 4 N–H and O–H groups in total. The van der Waals surface area contributed by atoms with Gasteiger partial charge in [0.05, 0.1) is 6.10 Å². The van der Waals surface area contributed by atoms with Crippen molar-refractivity contribution in [3.05, 3.63) is 127 Å². The highest BCUT2D eigenvalue weighted by Gasteiger charge is 2.31. The summed E-state index contributed by atoms with van der Waals surface area (Å²) in [6, 6.07) is 16.5. The molecule has 4 nitrogen and oxygen atoms in total. The van der Waals surface area contributed by atoms with Gasteiger partial charge < -0.3 is 20.4 Å². The van der Waals surface area contributed by atoms with Crippen molar-refractivity contribution in [3.63, 3.8) is 0 Å². The molecule has 0 saturated heterocycles. The number of allylic oxidation sites excluding steroid dienone is 4. The van der Waals surface area contributed by atoms with Gasteiger partial charge in [-0.05, 0) is 109 Å². The molecule has 0 spiro atoms. The average Bonchev–Trinajstić information content (AvgIpc) is 2.94. The van der Waals surface area contributed by atoms with Crippen LogP contribution >= 0.6 is 0 Å². The predicted octanol–water partition coefficient (Wildman–Crippen LogP) is 8.16. The molecule has 210 valence electrons. The van der Waals surface area contributed by atoms with Crippen LogP contribution in [0, 0.1) is 5.92 Å². The summed E-state index contributed by atoms with van der Waals surface area (Å²) in [5.74, 6) is 1.35. The van der Waals surface area contributed by atoms with Crippen LogP contribution in [0.25, 0.3) is 11.1 Å². The summed E-state index contributed by atoms with van der Waals surface area (Å²) in [5.41, 5.74) is 5.53. The van der Waals surface area contributed by atoms with E-state index >= 15 is 0 Å². The fourth-order valence-corrected chi connectivity index (χ4v) is 5.40. The topological polar surface area (TPSA) is 80.9 Å². The molecular formula is C36H42O4. The van der Waals surface area contributed by atoms with Crippen LogP contribution in [-0.4, -0.2) is 26.5 Å². The molecule has 1 aliphatic carbocycles. The van der Waals surface area contributed by atoms with E-state index in [0.717, 1.165) is 71.9 Å². The van der Waals surface area contributed by atoms with Crippen molar-refractivity contribution >= 4 is 0 Å². The maximum absolute atomic E-state index is 10.3. The van der Waals surface area contributed by atoms with Gasteiger partial charge in [-0.1, -0.05) is 48.6 Å². The third-order valence-corrected chi connectivity index (χ3v) is 7.49. The van der Waals surface area contributed by atoms with E-state index in [1.807, 2.05) is 48.6 Å². The lowest BCUT2D eigenvalue weighted by atomic mass is 9.74. The van der Waals surface area contributed by atoms with Crippen molar-refractivity contribution in [1.82, 2.24) is 0 Å². The van der Waals surface area contributed by atoms with Gasteiger partial charge in [-0.25, -0.2) is 0 Å². The molecular weight excluding hydrogens is 496 g/mol. The molecule has 40 heavy (non-hydrogen) atoms. The van der Waals surface area contributed by atoms with Gasteiger partial charge in [-0.3, -0.25) is 0 Å². The SMILES string of the molecule is C=CCc1ccc(O)c(-c2ccc(O)c(CC=C)c2)c1.C=CCc1ccc(O)c(C2CC(CC=C)CCC2O)c1. The molecule has 4 rings (SSSR count). The Morgan fingerprint density at radius 2 is 1.30 bits per heavy atom. The number of aliphatic hydroxyl groups excluding tert-OH is 1. The number of rotatable bonds is 10. The van der Waals surface area contributed by atoms with Crippen LogP contribution < -0.4 is 0 Å². The number of hydrogen-bond donors (Lipinski definition) is 4. The molecule has 0 radical (unpaired) electrons. The number of phenols is 3. The highest BCUT2D eigenvalue weighted by Crippen LogP contribution is 2.41. The first-order valence-corrected chi connectivity index (χ1v) is 13.9. The normalized spacial score (nSPS) is 18.2. The van der Waals surface area contributed by atoms with Crippen LogP contribution in [0.4, 0.5) is 0 Å². The maximum Gasteiger partial charge on any atom is 0.123 e. The van der Waals surface area contributed by atoms with Crippen LogP contribution in [0.1, 0.15) is 53.9 Å². The van der Waals surface area contributed by atoms with Crippen molar-refractivity contribution < 1.29 is 20.4 Å². The van der Waals surface area contributed by atoms with Crippen molar-refractivity contribution in [1.29, 1.82) is 0 Å². The molecule has 1 fully saturated rings. The summed E-state index contributed by atoms with van der Waals surface area (Å²) < 4.78 is 0. The first-order chi connectivity index (χ1) is 19.3. The summed E-state index contributed by atoms with van der Waals surface area (Å²) >= 11 is 0. The second kappa shape index (κ2) is 14.9. The number of hydrogen-bond acceptors (Lipinski definition) is 4. The van der Waals surface area contributed by atoms with E-state index < -0.39 is 0 Å². The second-order valence-corrected chi connectivity index (χ2v) is 10.4. The quantitative estimate of drug-likeness (QED) is 0.196.